The van der Waals surface area contributed by atoms with Crippen LogP contribution in [0.4, 0.5) is 8.78 Å². The Morgan fingerprint density at radius 2 is 2.13 bits per heavy atom. The number of aromatic nitrogens is 2. The van der Waals surface area contributed by atoms with E-state index in [0.717, 1.165) is 17.0 Å². The van der Waals surface area contributed by atoms with Crippen LogP contribution in [0.1, 0.15) is 27.3 Å². The zero-order chi connectivity index (χ0) is 17.1. The summed E-state index contributed by atoms with van der Waals surface area (Å²) in [7, 11) is 1.82. The highest BCUT2D eigenvalue weighted by Gasteiger charge is 2.17. The standard InChI is InChI=1S/C15H16BrF2N3O2/c1-8-12(9(2)21(3)20-8)7-19-14(22)11-6-10(16)4-5-13(11)23-15(17)18/h4-6,15H,7H2,1-3H3,(H,19,22). The number of nitrogens with zero attached hydrogens (tertiary/aromatic N) is 2. The Hall–Kier alpha value is -1.96. The molecule has 0 saturated carbocycles. The van der Waals surface area contributed by atoms with Gasteiger partial charge < -0.3 is 10.1 Å². The molecule has 0 aliphatic rings. The molecule has 0 fully saturated rings. The Morgan fingerprint density at radius 3 is 2.70 bits per heavy atom. The van der Waals surface area contributed by atoms with Gasteiger partial charge in [0.15, 0.2) is 0 Å². The molecular formula is C15H16BrF2N3O2. The van der Waals surface area contributed by atoms with Gasteiger partial charge in [-0.3, -0.25) is 9.48 Å². The van der Waals surface area contributed by atoms with Gasteiger partial charge in [-0.25, -0.2) is 0 Å². The number of amides is 1. The number of carbonyl (C=O) groups excluding carboxylic acids is 1. The van der Waals surface area contributed by atoms with Gasteiger partial charge in [0, 0.05) is 29.3 Å². The number of ether oxygens (including phenoxy) is 1. The summed E-state index contributed by atoms with van der Waals surface area (Å²) in [5, 5.41) is 6.98. The summed E-state index contributed by atoms with van der Waals surface area (Å²) in [4.78, 5) is 12.3. The van der Waals surface area contributed by atoms with Gasteiger partial charge in [-0.1, -0.05) is 15.9 Å². The molecule has 124 valence electrons. The summed E-state index contributed by atoms with van der Waals surface area (Å²) in [5.41, 5.74) is 2.68. The number of aryl methyl sites for hydroxylation is 2. The molecule has 0 spiro atoms. The van der Waals surface area contributed by atoms with Crippen LogP contribution in [-0.2, 0) is 13.6 Å². The molecule has 1 N–H and O–H groups in total. The fourth-order valence-corrected chi connectivity index (χ4v) is 2.58. The van der Waals surface area contributed by atoms with Gasteiger partial charge in [0.2, 0.25) is 0 Å². The quantitative estimate of drug-likeness (QED) is 0.855. The Morgan fingerprint density at radius 1 is 1.43 bits per heavy atom. The summed E-state index contributed by atoms with van der Waals surface area (Å²) in [6, 6.07) is 4.30. The average molecular weight is 388 g/mol. The number of alkyl halides is 2. The van der Waals surface area contributed by atoms with Crippen LogP contribution < -0.4 is 10.1 Å². The molecule has 0 radical (unpaired) electrons. The molecule has 0 aliphatic heterocycles. The van der Waals surface area contributed by atoms with Crippen molar-refractivity contribution in [3.05, 3.63) is 45.2 Å². The van der Waals surface area contributed by atoms with Crippen LogP contribution in [0.15, 0.2) is 22.7 Å². The highest BCUT2D eigenvalue weighted by molar-refractivity contribution is 9.10. The van der Waals surface area contributed by atoms with Gasteiger partial charge in [-0.2, -0.15) is 13.9 Å². The molecule has 1 amide bonds. The smallest absolute Gasteiger partial charge is 0.387 e. The fourth-order valence-electron chi connectivity index (χ4n) is 2.22. The van der Waals surface area contributed by atoms with E-state index in [1.54, 1.807) is 4.68 Å². The number of hydrogen-bond acceptors (Lipinski definition) is 3. The molecule has 0 aliphatic carbocycles. The zero-order valence-corrected chi connectivity index (χ0v) is 14.4. The molecule has 2 aromatic rings. The minimum atomic E-state index is -2.99. The Balaban J connectivity index is 2.19. The van der Waals surface area contributed by atoms with Crippen LogP contribution in [0.5, 0.6) is 5.75 Å². The SMILES string of the molecule is Cc1nn(C)c(C)c1CNC(=O)c1cc(Br)ccc1OC(F)F. The van der Waals surface area contributed by atoms with Gasteiger partial charge in [0.25, 0.3) is 5.91 Å². The van der Waals surface area contributed by atoms with Crippen molar-refractivity contribution in [1.82, 2.24) is 15.1 Å². The normalized spacial score (nSPS) is 10.9. The molecule has 1 aromatic carbocycles. The van der Waals surface area contributed by atoms with Gasteiger partial charge in [0.1, 0.15) is 5.75 Å². The van der Waals surface area contributed by atoms with Crippen LogP contribution in [0.3, 0.4) is 0 Å². The van der Waals surface area contributed by atoms with Crippen LogP contribution in [0, 0.1) is 13.8 Å². The Labute approximate surface area is 140 Å². The third-order valence-electron chi connectivity index (χ3n) is 3.49. The van der Waals surface area contributed by atoms with Gasteiger partial charge in [-0.15, -0.1) is 0 Å². The minimum Gasteiger partial charge on any atom is -0.434 e. The molecule has 0 saturated heterocycles. The number of nitrogens with one attached hydrogen (secondary N) is 1. The molecule has 1 heterocycles. The maximum absolute atomic E-state index is 12.4. The van der Waals surface area contributed by atoms with Crippen molar-refractivity contribution in [1.29, 1.82) is 0 Å². The largest absolute Gasteiger partial charge is 0.434 e. The second kappa shape index (κ2) is 7.08. The number of carbonyl (C=O) groups is 1. The lowest BCUT2D eigenvalue weighted by Crippen LogP contribution is -2.24. The fraction of sp³-hybridized carbons (Fsp3) is 0.333. The van der Waals surface area contributed by atoms with E-state index in [1.807, 2.05) is 20.9 Å². The molecule has 23 heavy (non-hydrogen) atoms. The molecular weight excluding hydrogens is 372 g/mol. The maximum atomic E-state index is 12.4. The molecule has 0 bridgehead atoms. The summed E-state index contributed by atoms with van der Waals surface area (Å²) < 4.78 is 31.6. The predicted molar refractivity (Wildman–Crippen MR) is 84.6 cm³/mol. The van der Waals surface area contributed by atoms with Crippen LogP contribution in [-0.4, -0.2) is 22.3 Å². The highest BCUT2D eigenvalue weighted by atomic mass is 79.9. The lowest BCUT2D eigenvalue weighted by atomic mass is 10.1. The van der Waals surface area contributed by atoms with Gasteiger partial charge in [0.05, 0.1) is 11.3 Å². The summed E-state index contributed by atoms with van der Waals surface area (Å²) in [5.74, 6) is -0.662. The molecule has 8 heteroatoms. The molecule has 0 unspecified atom stereocenters. The number of benzene rings is 1. The first-order valence-electron chi connectivity index (χ1n) is 6.81. The Kier molecular flexibility index (Phi) is 5.35. The predicted octanol–water partition coefficient (Wildman–Crippen LogP) is 3.33. The van der Waals surface area contributed by atoms with Crippen molar-refractivity contribution in [3.63, 3.8) is 0 Å². The van der Waals surface area contributed by atoms with E-state index >= 15 is 0 Å². The van der Waals surface area contributed by atoms with Crippen molar-refractivity contribution in [2.75, 3.05) is 0 Å². The number of halogens is 3. The minimum absolute atomic E-state index is 0.0406. The van der Waals surface area contributed by atoms with E-state index in [4.69, 9.17) is 0 Å². The molecule has 0 atom stereocenters. The molecule has 2 rings (SSSR count). The lowest BCUT2D eigenvalue weighted by Gasteiger charge is -2.12. The first-order chi connectivity index (χ1) is 10.8. The van der Waals surface area contributed by atoms with E-state index in [-0.39, 0.29) is 17.9 Å². The third kappa shape index (κ3) is 4.07. The summed E-state index contributed by atoms with van der Waals surface area (Å²) >= 11 is 3.22. The number of hydrogen-bond donors (Lipinski definition) is 1. The van der Waals surface area contributed by atoms with E-state index in [0.29, 0.717) is 4.47 Å². The van der Waals surface area contributed by atoms with Crippen molar-refractivity contribution in [2.24, 2.45) is 7.05 Å². The number of rotatable bonds is 5. The maximum Gasteiger partial charge on any atom is 0.387 e. The van der Waals surface area contributed by atoms with Crippen molar-refractivity contribution in [2.45, 2.75) is 27.0 Å². The van der Waals surface area contributed by atoms with E-state index in [1.165, 1.54) is 18.2 Å². The average Bonchev–Trinajstić information content (AvgIpc) is 2.71. The monoisotopic (exact) mass is 387 g/mol. The lowest BCUT2D eigenvalue weighted by molar-refractivity contribution is -0.0501. The Bertz CT molecular complexity index is 732. The van der Waals surface area contributed by atoms with E-state index < -0.39 is 12.5 Å². The van der Waals surface area contributed by atoms with Gasteiger partial charge in [-0.05, 0) is 32.0 Å². The first kappa shape index (κ1) is 17.4. The zero-order valence-electron chi connectivity index (χ0n) is 12.9. The first-order valence-corrected chi connectivity index (χ1v) is 7.60. The topological polar surface area (TPSA) is 56.2 Å². The third-order valence-corrected chi connectivity index (χ3v) is 3.98. The second-order valence-corrected chi connectivity index (χ2v) is 5.89. The molecule has 5 nitrogen and oxygen atoms in total. The van der Waals surface area contributed by atoms with Crippen molar-refractivity contribution < 1.29 is 18.3 Å². The van der Waals surface area contributed by atoms with Crippen LogP contribution in [0.25, 0.3) is 0 Å². The van der Waals surface area contributed by atoms with E-state index in [9.17, 15) is 13.6 Å². The van der Waals surface area contributed by atoms with Crippen LogP contribution in [0.2, 0.25) is 0 Å². The second-order valence-electron chi connectivity index (χ2n) is 4.97. The summed E-state index contributed by atoms with van der Waals surface area (Å²) in [6.07, 6.45) is 0. The van der Waals surface area contributed by atoms with E-state index in [2.05, 4.69) is 31.1 Å². The summed E-state index contributed by atoms with van der Waals surface area (Å²) in [6.45, 7) is 1.00. The van der Waals surface area contributed by atoms with Gasteiger partial charge >= 0.3 is 6.61 Å². The van der Waals surface area contributed by atoms with Crippen molar-refractivity contribution >= 4 is 21.8 Å². The highest BCUT2D eigenvalue weighted by Crippen LogP contribution is 2.25. The van der Waals surface area contributed by atoms with Crippen LogP contribution >= 0.6 is 15.9 Å². The molecule has 1 aromatic heterocycles. The van der Waals surface area contributed by atoms with Crippen molar-refractivity contribution in [3.8, 4) is 5.75 Å².